The number of hydrogen-bond acceptors (Lipinski definition) is 2. The van der Waals surface area contributed by atoms with Crippen molar-refractivity contribution in [2.75, 3.05) is 6.61 Å². The third-order valence-corrected chi connectivity index (χ3v) is 2.95. The lowest BCUT2D eigenvalue weighted by Crippen LogP contribution is -2.42. The molecule has 1 aromatic rings. The number of amides is 2. The average molecular weight is 286 g/mol. The molecule has 0 saturated heterocycles. The van der Waals surface area contributed by atoms with Crippen molar-refractivity contribution >= 4 is 6.03 Å². The summed E-state index contributed by atoms with van der Waals surface area (Å²) in [7, 11) is 0. The molecule has 0 saturated carbocycles. The van der Waals surface area contributed by atoms with Gasteiger partial charge in [-0.1, -0.05) is 6.07 Å². The maximum absolute atomic E-state index is 13.5. The quantitative estimate of drug-likeness (QED) is 0.752. The predicted molar refractivity (Wildman–Crippen MR) is 72.2 cm³/mol. The third-order valence-electron chi connectivity index (χ3n) is 2.95. The number of nitrogens with one attached hydrogen (secondary N) is 2. The first kappa shape index (κ1) is 16.4. The summed E-state index contributed by atoms with van der Waals surface area (Å²) >= 11 is 0. The van der Waals surface area contributed by atoms with Crippen molar-refractivity contribution in [3.05, 3.63) is 35.4 Å². The number of benzene rings is 1. The van der Waals surface area contributed by atoms with Gasteiger partial charge in [-0.25, -0.2) is 13.6 Å². The van der Waals surface area contributed by atoms with Crippen LogP contribution in [0.4, 0.5) is 13.6 Å². The van der Waals surface area contributed by atoms with Gasteiger partial charge in [0.05, 0.1) is 6.04 Å². The lowest BCUT2D eigenvalue weighted by atomic mass is 10.1. The van der Waals surface area contributed by atoms with Gasteiger partial charge >= 0.3 is 6.03 Å². The Balaban J connectivity index is 2.52. The maximum atomic E-state index is 13.5. The summed E-state index contributed by atoms with van der Waals surface area (Å²) in [6.07, 6.45) is 1.26. The van der Waals surface area contributed by atoms with Crippen LogP contribution in [-0.4, -0.2) is 23.8 Å². The summed E-state index contributed by atoms with van der Waals surface area (Å²) in [5.41, 5.74) is 0.226. The molecule has 0 aromatic heterocycles. The van der Waals surface area contributed by atoms with E-state index < -0.39 is 23.7 Å². The molecule has 0 aliphatic heterocycles. The first-order valence-electron chi connectivity index (χ1n) is 6.57. The number of carbonyl (C=O) groups is 1. The van der Waals surface area contributed by atoms with E-state index in [0.717, 1.165) is 12.1 Å². The van der Waals surface area contributed by atoms with Crippen LogP contribution in [0.15, 0.2) is 18.2 Å². The minimum absolute atomic E-state index is 0.0742. The molecule has 0 bridgehead atoms. The number of aliphatic hydroxyl groups is 1. The van der Waals surface area contributed by atoms with Crippen LogP contribution in [0, 0.1) is 11.6 Å². The highest BCUT2D eigenvalue weighted by molar-refractivity contribution is 5.74. The van der Waals surface area contributed by atoms with Crippen LogP contribution in [0.2, 0.25) is 0 Å². The normalized spacial score (nSPS) is 13.7. The van der Waals surface area contributed by atoms with Crippen molar-refractivity contribution in [3.63, 3.8) is 0 Å². The summed E-state index contributed by atoms with van der Waals surface area (Å²) in [6, 6.07) is 2.16. The molecule has 6 heteroatoms. The van der Waals surface area contributed by atoms with Crippen LogP contribution in [-0.2, 0) is 0 Å². The number of rotatable bonds is 6. The monoisotopic (exact) mass is 286 g/mol. The van der Waals surface area contributed by atoms with Crippen molar-refractivity contribution in [2.24, 2.45) is 0 Å². The van der Waals surface area contributed by atoms with Crippen molar-refractivity contribution in [1.82, 2.24) is 10.6 Å². The Morgan fingerprint density at radius 1 is 1.30 bits per heavy atom. The molecule has 2 atom stereocenters. The Hall–Kier alpha value is -1.69. The van der Waals surface area contributed by atoms with Gasteiger partial charge in [-0.15, -0.1) is 0 Å². The fourth-order valence-electron chi connectivity index (χ4n) is 1.86. The zero-order valence-electron chi connectivity index (χ0n) is 11.6. The van der Waals surface area contributed by atoms with Gasteiger partial charge in [-0.3, -0.25) is 0 Å². The second kappa shape index (κ2) is 7.79. The molecule has 0 heterocycles. The average Bonchev–Trinajstić information content (AvgIpc) is 2.35. The lowest BCUT2D eigenvalue weighted by molar-refractivity contribution is 0.231. The minimum atomic E-state index is -0.689. The van der Waals surface area contributed by atoms with E-state index in [0.29, 0.717) is 12.8 Å². The summed E-state index contributed by atoms with van der Waals surface area (Å²) in [5, 5.41) is 14.0. The standard InChI is InChI=1S/C14H20F2N2O2/c1-9(4-3-7-19)17-14(20)18-10(2)12-6-5-11(15)8-13(12)16/h5-6,8-10,19H,3-4,7H2,1-2H3,(H2,17,18,20). The zero-order chi connectivity index (χ0) is 15.1. The van der Waals surface area contributed by atoms with Crippen LogP contribution in [0.1, 0.15) is 38.3 Å². The number of halogens is 2. The molecule has 1 aromatic carbocycles. The van der Waals surface area contributed by atoms with Gasteiger partial charge in [0.1, 0.15) is 11.6 Å². The molecular weight excluding hydrogens is 266 g/mol. The molecule has 0 fully saturated rings. The maximum Gasteiger partial charge on any atom is 0.315 e. The molecule has 2 amide bonds. The van der Waals surface area contributed by atoms with Gasteiger partial charge in [-0.2, -0.15) is 0 Å². The number of aliphatic hydroxyl groups excluding tert-OH is 1. The number of urea groups is 1. The SMILES string of the molecule is CC(CCCO)NC(=O)NC(C)c1ccc(F)cc1F. The van der Waals surface area contributed by atoms with Crippen LogP contribution >= 0.6 is 0 Å². The summed E-state index contributed by atoms with van der Waals surface area (Å²) in [5.74, 6) is -1.34. The Bertz CT molecular complexity index is 455. The highest BCUT2D eigenvalue weighted by atomic mass is 19.1. The van der Waals surface area contributed by atoms with E-state index in [9.17, 15) is 13.6 Å². The number of hydrogen-bond donors (Lipinski definition) is 3. The van der Waals surface area contributed by atoms with E-state index in [1.807, 2.05) is 6.92 Å². The van der Waals surface area contributed by atoms with Gasteiger partial charge in [0.15, 0.2) is 0 Å². The van der Waals surface area contributed by atoms with E-state index in [-0.39, 0.29) is 18.2 Å². The third kappa shape index (κ3) is 5.13. The molecule has 20 heavy (non-hydrogen) atoms. The summed E-state index contributed by atoms with van der Waals surface area (Å²) in [6.45, 7) is 3.51. The second-order valence-electron chi connectivity index (χ2n) is 4.77. The topological polar surface area (TPSA) is 61.4 Å². The molecule has 0 spiro atoms. The molecular formula is C14H20F2N2O2. The molecule has 1 rings (SSSR count). The minimum Gasteiger partial charge on any atom is -0.396 e. The fourth-order valence-corrected chi connectivity index (χ4v) is 1.86. The van der Waals surface area contributed by atoms with Crippen molar-refractivity contribution in [1.29, 1.82) is 0 Å². The van der Waals surface area contributed by atoms with Gasteiger partial charge in [0, 0.05) is 24.3 Å². The van der Waals surface area contributed by atoms with Crippen molar-refractivity contribution in [3.8, 4) is 0 Å². The van der Waals surface area contributed by atoms with E-state index >= 15 is 0 Å². The molecule has 0 aliphatic rings. The lowest BCUT2D eigenvalue weighted by Gasteiger charge is -2.18. The van der Waals surface area contributed by atoms with Gasteiger partial charge in [0.25, 0.3) is 0 Å². The van der Waals surface area contributed by atoms with E-state index in [1.165, 1.54) is 6.07 Å². The van der Waals surface area contributed by atoms with Crippen LogP contribution < -0.4 is 10.6 Å². The Morgan fingerprint density at radius 3 is 2.60 bits per heavy atom. The molecule has 2 unspecified atom stereocenters. The zero-order valence-corrected chi connectivity index (χ0v) is 11.6. The Labute approximate surface area is 117 Å². The van der Waals surface area contributed by atoms with Gasteiger partial charge in [-0.05, 0) is 32.8 Å². The van der Waals surface area contributed by atoms with E-state index in [4.69, 9.17) is 5.11 Å². The smallest absolute Gasteiger partial charge is 0.315 e. The Morgan fingerprint density at radius 2 is 2.00 bits per heavy atom. The summed E-state index contributed by atoms with van der Waals surface area (Å²) < 4.78 is 26.3. The highest BCUT2D eigenvalue weighted by Gasteiger charge is 2.15. The molecule has 0 radical (unpaired) electrons. The second-order valence-corrected chi connectivity index (χ2v) is 4.77. The summed E-state index contributed by atoms with van der Waals surface area (Å²) in [4.78, 5) is 11.7. The van der Waals surface area contributed by atoms with Crippen LogP contribution in [0.3, 0.4) is 0 Å². The fraction of sp³-hybridized carbons (Fsp3) is 0.500. The predicted octanol–water partition coefficient (Wildman–Crippen LogP) is 2.49. The molecule has 3 N–H and O–H groups in total. The van der Waals surface area contributed by atoms with Crippen LogP contribution in [0.25, 0.3) is 0 Å². The molecule has 0 aliphatic carbocycles. The Kier molecular flexibility index (Phi) is 6.38. The first-order chi connectivity index (χ1) is 9.43. The van der Waals surface area contributed by atoms with Gasteiger partial charge < -0.3 is 15.7 Å². The van der Waals surface area contributed by atoms with Crippen molar-refractivity contribution < 1.29 is 18.7 Å². The van der Waals surface area contributed by atoms with E-state index in [2.05, 4.69) is 10.6 Å². The largest absolute Gasteiger partial charge is 0.396 e. The number of carbonyl (C=O) groups excluding carboxylic acids is 1. The highest BCUT2D eigenvalue weighted by Crippen LogP contribution is 2.17. The van der Waals surface area contributed by atoms with Gasteiger partial charge in [0.2, 0.25) is 0 Å². The molecule has 4 nitrogen and oxygen atoms in total. The van der Waals surface area contributed by atoms with Crippen molar-refractivity contribution in [2.45, 2.75) is 38.8 Å². The first-order valence-corrected chi connectivity index (χ1v) is 6.57. The van der Waals surface area contributed by atoms with Crippen LogP contribution in [0.5, 0.6) is 0 Å². The molecule has 112 valence electrons. The van der Waals surface area contributed by atoms with E-state index in [1.54, 1.807) is 6.92 Å².